The van der Waals surface area contributed by atoms with Gasteiger partial charge in [-0.2, -0.15) is 0 Å². The minimum absolute atomic E-state index is 0.101. The summed E-state index contributed by atoms with van der Waals surface area (Å²) in [7, 11) is 0. The minimum atomic E-state index is -0.893. The SMILES string of the molecule is CCOC(=O)C(C)(C)c1nc2cc(F)ccc2n1C(C)C. The van der Waals surface area contributed by atoms with Crippen molar-refractivity contribution in [2.75, 3.05) is 6.61 Å². The van der Waals surface area contributed by atoms with Crippen LogP contribution in [0.25, 0.3) is 11.0 Å². The highest BCUT2D eigenvalue weighted by Gasteiger charge is 2.37. The van der Waals surface area contributed by atoms with E-state index in [0.29, 0.717) is 17.9 Å². The molecule has 0 saturated heterocycles. The molecule has 0 atom stereocenters. The minimum Gasteiger partial charge on any atom is -0.465 e. The van der Waals surface area contributed by atoms with Crippen LogP contribution in [0.1, 0.15) is 46.5 Å². The number of carbonyl (C=O) groups is 1. The fraction of sp³-hybridized carbons (Fsp3) is 0.500. The highest BCUT2D eigenvalue weighted by atomic mass is 19.1. The van der Waals surface area contributed by atoms with Crippen LogP contribution in [0.4, 0.5) is 4.39 Å². The molecule has 0 N–H and O–H groups in total. The first-order chi connectivity index (χ1) is 9.78. The van der Waals surface area contributed by atoms with E-state index in [-0.39, 0.29) is 17.8 Å². The third-order valence-corrected chi connectivity index (χ3v) is 3.51. The molecule has 2 rings (SSSR count). The molecule has 0 radical (unpaired) electrons. The van der Waals surface area contributed by atoms with E-state index in [2.05, 4.69) is 4.98 Å². The summed E-state index contributed by atoms with van der Waals surface area (Å²) in [5.41, 5.74) is 0.477. The molecule has 0 spiro atoms. The summed E-state index contributed by atoms with van der Waals surface area (Å²) >= 11 is 0. The molecule has 0 amide bonds. The summed E-state index contributed by atoms with van der Waals surface area (Å²) in [6.07, 6.45) is 0. The molecular formula is C16H21FN2O2. The second kappa shape index (κ2) is 5.47. The van der Waals surface area contributed by atoms with Crippen LogP contribution in [0, 0.1) is 5.82 Å². The molecule has 1 aromatic heterocycles. The van der Waals surface area contributed by atoms with Crippen molar-refractivity contribution in [3.05, 3.63) is 29.8 Å². The molecule has 0 unspecified atom stereocenters. The molecule has 4 nitrogen and oxygen atoms in total. The Balaban J connectivity index is 2.67. The van der Waals surface area contributed by atoms with E-state index in [1.807, 2.05) is 18.4 Å². The van der Waals surface area contributed by atoms with Crippen molar-refractivity contribution >= 4 is 17.0 Å². The normalized spacial score (nSPS) is 12.1. The predicted molar refractivity (Wildman–Crippen MR) is 79.7 cm³/mol. The van der Waals surface area contributed by atoms with Crippen LogP contribution in [0.15, 0.2) is 18.2 Å². The number of fused-ring (bicyclic) bond motifs is 1. The lowest BCUT2D eigenvalue weighted by atomic mass is 9.92. The second-order valence-electron chi connectivity index (χ2n) is 5.88. The summed E-state index contributed by atoms with van der Waals surface area (Å²) in [6, 6.07) is 4.59. The van der Waals surface area contributed by atoms with E-state index in [9.17, 15) is 9.18 Å². The van der Waals surface area contributed by atoms with E-state index in [1.165, 1.54) is 12.1 Å². The van der Waals surface area contributed by atoms with Crippen molar-refractivity contribution in [2.24, 2.45) is 0 Å². The molecule has 5 heteroatoms. The first kappa shape index (κ1) is 15.5. The van der Waals surface area contributed by atoms with Crippen LogP contribution < -0.4 is 0 Å². The van der Waals surface area contributed by atoms with Crippen LogP contribution in [0.2, 0.25) is 0 Å². The van der Waals surface area contributed by atoms with Crippen LogP contribution in [0.3, 0.4) is 0 Å². The van der Waals surface area contributed by atoms with Gasteiger partial charge in [0.15, 0.2) is 0 Å². The fourth-order valence-corrected chi connectivity index (χ4v) is 2.44. The number of ether oxygens (including phenoxy) is 1. The summed E-state index contributed by atoms with van der Waals surface area (Å²) in [5, 5.41) is 0. The zero-order valence-electron chi connectivity index (χ0n) is 13.1. The van der Waals surface area contributed by atoms with Gasteiger partial charge in [0.2, 0.25) is 0 Å². The van der Waals surface area contributed by atoms with Gasteiger partial charge >= 0.3 is 5.97 Å². The van der Waals surface area contributed by atoms with Gasteiger partial charge in [-0.1, -0.05) is 0 Å². The van der Waals surface area contributed by atoms with E-state index < -0.39 is 5.41 Å². The maximum absolute atomic E-state index is 13.4. The number of esters is 1. The highest BCUT2D eigenvalue weighted by molar-refractivity contribution is 5.84. The molecule has 0 aliphatic rings. The van der Waals surface area contributed by atoms with Gasteiger partial charge in [-0.25, -0.2) is 9.37 Å². The molecule has 21 heavy (non-hydrogen) atoms. The van der Waals surface area contributed by atoms with Crippen LogP contribution >= 0.6 is 0 Å². The number of hydrogen-bond donors (Lipinski definition) is 0. The Labute approximate surface area is 123 Å². The Bertz CT molecular complexity index is 674. The summed E-state index contributed by atoms with van der Waals surface area (Å²) in [5.74, 6) is -0.0735. The summed E-state index contributed by atoms with van der Waals surface area (Å²) in [4.78, 5) is 16.7. The van der Waals surface area contributed by atoms with Gasteiger partial charge in [0, 0.05) is 12.1 Å². The van der Waals surface area contributed by atoms with Crippen molar-refractivity contribution in [3.63, 3.8) is 0 Å². The lowest BCUT2D eigenvalue weighted by Crippen LogP contribution is -2.34. The van der Waals surface area contributed by atoms with E-state index >= 15 is 0 Å². The monoisotopic (exact) mass is 292 g/mol. The number of rotatable bonds is 4. The van der Waals surface area contributed by atoms with Crippen molar-refractivity contribution in [2.45, 2.75) is 46.1 Å². The first-order valence-corrected chi connectivity index (χ1v) is 7.14. The molecular weight excluding hydrogens is 271 g/mol. The lowest BCUT2D eigenvalue weighted by Gasteiger charge is -2.24. The van der Waals surface area contributed by atoms with Crippen LogP contribution in [-0.4, -0.2) is 22.1 Å². The second-order valence-corrected chi connectivity index (χ2v) is 5.88. The van der Waals surface area contributed by atoms with Gasteiger partial charge < -0.3 is 9.30 Å². The van der Waals surface area contributed by atoms with Gasteiger partial charge in [0.1, 0.15) is 17.1 Å². The number of carbonyl (C=O) groups excluding carboxylic acids is 1. The molecule has 0 saturated carbocycles. The summed E-state index contributed by atoms with van der Waals surface area (Å²) < 4.78 is 20.5. The largest absolute Gasteiger partial charge is 0.465 e. The third-order valence-electron chi connectivity index (χ3n) is 3.51. The quantitative estimate of drug-likeness (QED) is 0.809. The van der Waals surface area contributed by atoms with Gasteiger partial charge in [-0.3, -0.25) is 4.79 Å². The predicted octanol–water partition coefficient (Wildman–Crippen LogP) is 3.60. The number of nitrogens with zero attached hydrogens (tertiary/aromatic N) is 2. The van der Waals surface area contributed by atoms with Crippen LogP contribution in [0.5, 0.6) is 0 Å². The molecule has 0 aliphatic carbocycles. The lowest BCUT2D eigenvalue weighted by molar-refractivity contribution is -0.149. The zero-order chi connectivity index (χ0) is 15.8. The number of hydrogen-bond acceptors (Lipinski definition) is 3. The van der Waals surface area contributed by atoms with Gasteiger partial charge in [0.25, 0.3) is 0 Å². The van der Waals surface area contributed by atoms with E-state index in [0.717, 1.165) is 5.52 Å². The van der Waals surface area contributed by atoms with Gasteiger partial charge in [0.05, 0.1) is 17.6 Å². The number of imidazole rings is 1. The third kappa shape index (κ3) is 2.64. The Morgan fingerprint density at radius 3 is 2.67 bits per heavy atom. The van der Waals surface area contributed by atoms with Crippen LogP contribution in [-0.2, 0) is 14.9 Å². The maximum Gasteiger partial charge on any atom is 0.319 e. The molecule has 114 valence electrons. The standard InChI is InChI=1S/C16H21FN2O2/c1-6-21-15(20)16(4,5)14-18-12-9-11(17)7-8-13(12)19(14)10(2)3/h7-10H,6H2,1-5H3. The summed E-state index contributed by atoms with van der Waals surface area (Å²) in [6.45, 7) is 9.67. The van der Waals surface area contributed by atoms with Crippen molar-refractivity contribution in [1.82, 2.24) is 9.55 Å². The topological polar surface area (TPSA) is 44.1 Å². The molecule has 1 aromatic carbocycles. The average molecular weight is 292 g/mol. The Morgan fingerprint density at radius 1 is 1.43 bits per heavy atom. The van der Waals surface area contributed by atoms with E-state index in [4.69, 9.17) is 4.74 Å². The molecule has 1 heterocycles. The number of benzene rings is 1. The molecule has 0 fully saturated rings. The highest BCUT2D eigenvalue weighted by Crippen LogP contribution is 2.31. The van der Waals surface area contributed by atoms with Gasteiger partial charge in [-0.15, -0.1) is 0 Å². The maximum atomic E-state index is 13.4. The number of halogens is 1. The Kier molecular flexibility index (Phi) is 4.03. The van der Waals surface area contributed by atoms with Crippen molar-refractivity contribution in [1.29, 1.82) is 0 Å². The van der Waals surface area contributed by atoms with Crippen molar-refractivity contribution in [3.8, 4) is 0 Å². The fourth-order valence-electron chi connectivity index (χ4n) is 2.44. The van der Waals surface area contributed by atoms with Gasteiger partial charge in [-0.05, 0) is 46.8 Å². The molecule has 0 aliphatic heterocycles. The van der Waals surface area contributed by atoms with Crippen molar-refractivity contribution < 1.29 is 13.9 Å². The smallest absolute Gasteiger partial charge is 0.319 e. The molecule has 0 bridgehead atoms. The number of aromatic nitrogens is 2. The average Bonchev–Trinajstić information content (AvgIpc) is 2.78. The first-order valence-electron chi connectivity index (χ1n) is 7.14. The molecule has 2 aromatic rings. The Morgan fingerprint density at radius 2 is 2.10 bits per heavy atom. The van der Waals surface area contributed by atoms with E-state index in [1.54, 1.807) is 26.8 Å². The zero-order valence-corrected chi connectivity index (χ0v) is 13.1. The Hall–Kier alpha value is -1.91.